The number of amides is 1. The zero-order valence-electron chi connectivity index (χ0n) is 6.67. The van der Waals surface area contributed by atoms with Crippen molar-refractivity contribution in [2.45, 2.75) is 26.4 Å². The summed E-state index contributed by atoms with van der Waals surface area (Å²) < 4.78 is 12.8. The fraction of sp³-hybridized carbons (Fsp3) is 0.714. The summed E-state index contributed by atoms with van der Waals surface area (Å²) in [5.41, 5.74) is 0.267. The van der Waals surface area contributed by atoms with Crippen LogP contribution >= 0.6 is 0 Å². The number of carbonyl (C=O) groups is 1. The second-order valence-corrected chi connectivity index (χ2v) is 2.57. The summed E-state index contributed by atoms with van der Waals surface area (Å²) in [5, 5.41) is 4.96. The van der Waals surface area contributed by atoms with Gasteiger partial charge in [0.2, 0.25) is 6.17 Å². The Balaban J connectivity index is 2.65. The lowest BCUT2D eigenvalue weighted by Gasteiger charge is -2.08. The van der Waals surface area contributed by atoms with Crippen molar-refractivity contribution >= 4 is 11.6 Å². The van der Waals surface area contributed by atoms with Crippen LogP contribution in [0.25, 0.3) is 0 Å². The molecule has 1 atom stereocenters. The van der Waals surface area contributed by atoms with Gasteiger partial charge in [0, 0.05) is 6.54 Å². The topological polar surface area (TPSA) is 32.7 Å². The zero-order valence-corrected chi connectivity index (χ0v) is 6.67. The summed E-state index contributed by atoms with van der Waals surface area (Å²) in [5.74, 6) is -0.524. The molecular weight excluding hydrogens is 147 g/mol. The van der Waals surface area contributed by atoms with Crippen LogP contribution < -0.4 is 0 Å². The van der Waals surface area contributed by atoms with Crippen molar-refractivity contribution < 1.29 is 9.18 Å². The molecule has 0 saturated heterocycles. The molecule has 3 nitrogen and oxygen atoms in total. The first kappa shape index (κ1) is 8.17. The molecule has 62 valence electrons. The van der Waals surface area contributed by atoms with Gasteiger partial charge in [0.1, 0.15) is 0 Å². The minimum absolute atomic E-state index is 0.267. The highest BCUT2D eigenvalue weighted by atomic mass is 19.1. The van der Waals surface area contributed by atoms with Gasteiger partial charge in [-0.15, -0.1) is 0 Å². The average Bonchev–Trinajstić information content (AvgIpc) is 2.19. The van der Waals surface area contributed by atoms with Crippen molar-refractivity contribution in [2.24, 2.45) is 5.10 Å². The number of halogens is 1. The Morgan fingerprint density at radius 1 is 1.73 bits per heavy atom. The fourth-order valence-electron chi connectivity index (χ4n) is 0.972. The quantitative estimate of drug-likeness (QED) is 0.589. The first-order valence-electron chi connectivity index (χ1n) is 3.67. The standard InChI is InChI=1S/C7H11FN2O/c1-3-4-10-7(11)6(8)5(2)9-10/h6H,3-4H2,1-2H3. The first-order chi connectivity index (χ1) is 5.16. The molecule has 0 aromatic heterocycles. The number of hydrazone groups is 1. The van der Waals surface area contributed by atoms with E-state index in [1.165, 1.54) is 11.9 Å². The Labute approximate surface area is 64.9 Å². The van der Waals surface area contributed by atoms with E-state index in [0.717, 1.165) is 6.42 Å². The van der Waals surface area contributed by atoms with Crippen molar-refractivity contribution in [1.82, 2.24) is 5.01 Å². The van der Waals surface area contributed by atoms with Crippen LogP contribution in [0, 0.1) is 0 Å². The molecular formula is C7H11FN2O. The summed E-state index contributed by atoms with van der Waals surface area (Å²) in [7, 11) is 0. The minimum atomic E-state index is -1.50. The van der Waals surface area contributed by atoms with E-state index in [4.69, 9.17) is 0 Å². The Morgan fingerprint density at radius 2 is 2.36 bits per heavy atom. The molecule has 0 fully saturated rings. The van der Waals surface area contributed by atoms with Gasteiger partial charge in [0.05, 0.1) is 5.71 Å². The van der Waals surface area contributed by atoms with E-state index in [2.05, 4.69) is 5.10 Å². The number of carbonyl (C=O) groups excluding carboxylic acids is 1. The third-order valence-electron chi connectivity index (χ3n) is 1.55. The maximum atomic E-state index is 12.8. The number of rotatable bonds is 2. The summed E-state index contributed by atoms with van der Waals surface area (Å²) in [6.45, 7) is 3.96. The van der Waals surface area contributed by atoms with Gasteiger partial charge in [0.15, 0.2) is 0 Å². The Bertz CT molecular complexity index is 203. The number of hydrogen-bond donors (Lipinski definition) is 0. The van der Waals surface area contributed by atoms with Gasteiger partial charge >= 0.3 is 0 Å². The molecule has 0 radical (unpaired) electrons. The molecule has 1 amide bonds. The molecule has 1 rings (SSSR count). The maximum Gasteiger partial charge on any atom is 0.283 e. The molecule has 4 heteroatoms. The monoisotopic (exact) mass is 158 g/mol. The molecule has 0 aromatic carbocycles. The van der Waals surface area contributed by atoms with Crippen LogP contribution in [0.15, 0.2) is 5.10 Å². The highest BCUT2D eigenvalue weighted by Crippen LogP contribution is 2.11. The normalized spacial score (nSPS) is 24.3. The number of nitrogens with zero attached hydrogens (tertiary/aromatic N) is 2. The van der Waals surface area contributed by atoms with Gasteiger partial charge in [-0.2, -0.15) is 5.10 Å². The maximum absolute atomic E-state index is 12.8. The van der Waals surface area contributed by atoms with E-state index < -0.39 is 12.1 Å². The third kappa shape index (κ3) is 1.39. The van der Waals surface area contributed by atoms with E-state index in [1.807, 2.05) is 6.92 Å². The van der Waals surface area contributed by atoms with Crippen LogP contribution in [0.4, 0.5) is 4.39 Å². The smallest absolute Gasteiger partial charge is 0.269 e. The van der Waals surface area contributed by atoms with Crippen molar-refractivity contribution in [3.05, 3.63) is 0 Å². The Morgan fingerprint density at radius 3 is 2.73 bits per heavy atom. The Hall–Kier alpha value is -0.930. The predicted octanol–water partition coefficient (Wildman–Crippen LogP) is 0.953. The van der Waals surface area contributed by atoms with Gasteiger partial charge in [-0.25, -0.2) is 9.40 Å². The Kier molecular flexibility index (Phi) is 2.22. The van der Waals surface area contributed by atoms with Crippen LogP contribution in [-0.2, 0) is 4.79 Å². The van der Waals surface area contributed by atoms with Gasteiger partial charge in [-0.1, -0.05) is 6.92 Å². The van der Waals surface area contributed by atoms with Crippen LogP contribution in [0.2, 0.25) is 0 Å². The van der Waals surface area contributed by atoms with Crippen molar-refractivity contribution in [1.29, 1.82) is 0 Å². The highest BCUT2D eigenvalue weighted by Gasteiger charge is 2.32. The van der Waals surface area contributed by atoms with Crippen LogP contribution in [0.5, 0.6) is 0 Å². The second kappa shape index (κ2) is 2.98. The van der Waals surface area contributed by atoms with Gasteiger partial charge in [-0.05, 0) is 13.3 Å². The molecule has 1 heterocycles. The number of hydrogen-bond acceptors (Lipinski definition) is 2. The van der Waals surface area contributed by atoms with E-state index >= 15 is 0 Å². The lowest BCUT2D eigenvalue weighted by atomic mass is 10.3. The molecule has 0 aliphatic carbocycles. The van der Waals surface area contributed by atoms with Crippen LogP contribution in [-0.4, -0.2) is 29.3 Å². The highest BCUT2D eigenvalue weighted by molar-refractivity contribution is 6.09. The van der Waals surface area contributed by atoms with Crippen molar-refractivity contribution in [3.8, 4) is 0 Å². The summed E-state index contributed by atoms with van der Waals surface area (Å²) in [6, 6.07) is 0. The molecule has 0 aromatic rings. The van der Waals surface area contributed by atoms with E-state index in [-0.39, 0.29) is 5.71 Å². The molecule has 0 bridgehead atoms. The average molecular weight is 158 g/mol. The molecule has 1 unspecified atom stereocenters. The predicted molar refractivity (Wildman–Crippen MR) is 40.0 cm³/mol. The lowest BCUT2D eigenvalue weighted by molar-refractivity contribution is -0.132. The largest absolute Gasteiger partial charge is 0.283 e. The first-order valence-corrected chi connectivity index (χ1v) is 3.67. The molecule has 0 N–H and O–H groups in total. The zero-order chi connectivity index (χ0) is 8.43. The molecule has 0 saturated carbocycles. The van der Waals surface area contributed by atoms with Gasteiger partial charge in [0.25, 0.3) is 5.91 Å². The van der Waals surface area contributed by atoms with E-state index in [0.29, 0.717) is 6.54 Å². The fourth-order valence-corrected chi connectivity index (χ4v) is 0.972. The van der Waals surface area contributed by atoms with Gasteiger partial charge in [-0.3, -0.25) is 4.79 Å². The third-order valence-corrected chi connectivity index (χ3v) is 1.55. The summed E-state index contributed by atoms with van der Waals surface area (Å²) in [4.78, 5) is 10.9. The van der Waals surface area contributed by atoms with Gasteiger partial charge < -0.3 is 0 Å². The SMILES string of the molecule is CCCN1N=C(C)C(F)C1=O. The molecule has 1 aliphatic rings. The summed E-state index contributed by atoms with van der Waals surface area (Å²) in [6.07, 6.45) is -0.698. The number of alkyl halides is 1. The molecule has 0 spiro atoms. The second-order valence-electron chi connectivity index (χ2n) is 2.57. The van der Waals surface area contributed by atoms with E-state index in [1.54, 1.807) is 0 Å². The summed E-state index contributed by atoms with van der Waals surface area (Å²) >= 11 is 0. The minimum Gasteiger partial charge on any atom is -0.269 e. The van der Waals surface area contributed by atoms with Crippen LogP contribution in [0.1, 0.15) is 20.3 Å². The van der Waals surface area contributed by atoms with Crippen molar-refractivity contribution in [2.75, 3.05) is 6.54 Å². The van der Waals surface area contributed by atoms with Crippen LogP contribution in [0.3, 0.4) is 0 Å². The lowest BCUT2D eigenvalue weighted by Crippen LogP contribution is -2.28. The van der Waals surface area contributed by atoms with E-state index in [9.17, 15) is 9.18 Å². The molecule has 11 heavy (non-hydrogen) atoms. The molecule has 1 aliphatic heterocycles. The van der Waals surface area contributed by atoms with Crippen molar-refractivity contribution in [3.63, 3.8) is 0 Å².